The van der Waals surface area contributed by atoms with Crippen LogP contribution in [-0.4, -0.2) is 24.3 Å². The van der Waals surface area contributed by atoms with E-state index in [-0.39, 0.29) is 18.6 Å². The monoisotopic (exact) mass is 395 g/mol. The predicted octanol–water partition coefficient (Wildman–Crippen LogP) is 4.64. The van der Waals surface area contributed by atoms with E-state index >= 15 is 0 Å². The molecule has 0 heterocycles. The van der Waals surface area contributed by atoms with Crippen molar-refractivity contribution in [3.8, 4) is 0 Å². The summed E-state index contributed by atoms with van der Waals surface area (Å²) < 4.78 is 4.97. The molecular formula is C22H18ClNO4. The number of ketones is 1. The van der Waals surface area contributed by atoms with Gasteiger partial charge in [0.05, 0.1) is 6.42 Å². The quantitative estimate of drug-likeness (QED) is 0.467. The number of ether oxygens (including phenoxy) is 1. The van der Waals surface area contributed by atoms with Crippen LogP contribution < -0.4 is 5.32 Å². The number of esters is 1. The fraction of sp³-hybridized carbons (Fsp3) is 0.136. The van der Waals surface area contributed by atoms with Gasteiger partial charge in [-0.25, -0.2) is 0 Å². The van der Waals surface area contributed by atoms with Gasteiger partial charge in [0, 0.05) is 28.1 Å². The van der Waals surface area contributed by atoms with Crippen molar-refractivity contribution in [1.82, 2.24) is 0 Å². The summed E-state index contributed by atoms with van der Waals surface area (Å²) in [6.45, 7) is -0.406. The molecule has 0 fully saturated rings. The second kappa shape index (κ2) is 9.15. The van der Waals surface area contributed by atoms with Crippen LogP contribution >= 0.6 is 11.6 Å². The minimum Gasteiger partial charge on any atom is -0.456 e. The first-order chi connectivity index (χ1) is 13.5. The number of anilines is 1. The summed E-state index contributed by atoms with van der Waals surface area (Å²) in [6.07, 6.45) is -0.0889. The Hall–Kier alpha value is -3.18. The maximum absolute atomic E-state index is 12.1. The summed E-state index contributed by atoms with van der Waals surface area (Å²) in [5.41, 5.74) is 1.13. The maximum Gasteiger partial charge on any atom is 0.306 e. The molecule has 3 aromatic rings. The van der Waals surface area contributed by atoms with E-state index < -0.39 is 18.5 Å². The molecule has 0 bridgehead atoms. The summed E-state index contributed by atoms with van der Waals surface area (Å²) in [7, 11) is 0. The second-order valence-corrected chi connectivity index (χ2v) is 6.60. The third-order valence-corrected chi connectivity index (χ3v) is 4.40. The van der Waals surface area contributed by atoms with E-state index in [1.165, 1.54) is 0 Å². The zero-order chi connectivity index (χ0) is 19.9. The van der Waals surface area contributed by atoms with E-state index in [9.17, 15) is 14.4 Å². The van der Waals surface area contributed by atoms with Crippen molar-refractivity contribution in [2.45, 2.75) is 12.8 Å². The smallest absolute Gasteiger partial charge is 0.306 e. The van der Waals surface area contributed by atoms with Gasteiger partial charge in [0.15, 0.2) is 12.4 Å². The number of carbonyl (C=O) groups is 3. The molecule has 28 heavy (non-hydrogen) atoms. The van der Waals surface area contributed by atoms with E-state index in [4.69, 9.17) is 16.3 Å². The number of Topliss-reactive ketones (excluding diaryl/α,β-unsaturated/α-hetero) is 1. The van der Waals surface area contributed by atoms with Gasteiger partial charge in [0.25, 0.3) is 5.91 Å². The van der Waals surface area contributed by atoms with Crippen molar-refractivity contribution in [3.05, 3.63) is 77.3 Å². The Morgan fingerprint density at radius 2 is 1.57 bits per heavy atom. The zero-order valence-electron chi connectivity index (χ0n) is 15.0. The number of nitrogens with one attached hydrogen (secondary N) is 1. The van der Waals surface area contributed by atoms with Gasteiger partial charge in [-0.15, -0.1) is 0 Å². The van der Waals surface area contributed by atoms with Crippen molar-refractivity contribution in [1.29, 1.82) is 0 Å². The Labute approximate surface area is 167 Å². The first-order valence-corrected chi connectivity index (χ1v) is 9.13. The average molecular weight is 396 g/mol. The van der Waals surface area contributed by atoms with Crippen LogP contribution in [0.25, 0.3) is 10.8 Å². The molecule has 0 radical (unpaired) electrons. The Bertz CT molecular complexity index is 1010. The molecule has 0 saturated carbocycles. The lowest BCUT2D eigenvalue weighted by atomic mass is 10.1. The molecule has 5 nitrogen and oxygen atoms in total. The van der Waals surface area contributed by atoms with E-state index in [1.807, 2.05) is 36.4 Å². The van der Waals surface area contributed by atoms with Crippen molar-refractivity contribution >= 4 is 45.7 Å². The third kappa shape index (κ3) is 5.18. The lowest BCUT2D eigenvalue weighted by molar-refractivity contribution is -0.147. The molecule has 6 heteroatoms. The van der Waals surface area contributed by atoms with E-state index in [0.717, 1.165) is 10.8 Å². The minimum absolute atomic E-state index is 0.00536. The summed E-state index contributed by atoms with van der Waals surface area (Å²) in [4.78, 5) is 35.9. The van der Waals surface area contributed by atoms with Crippen molar-refractivity contribution in [2.75, 3.05) is 11.9 Å². The van der Waals surface area contributed by atoms with Gasteiger partial charge in [-0.2, -0.15) is 0 Å². The lowest BCUT2D eigenvalue weighted by Crippen LogP contribution is -2.21. The van der Waals surface area contributed by atoms with Crippen LogP contribution in [0.2, 0.25) is 5.02 Å². The molecule has 0 aliphatic carbocycles. The van der Waals surface area contributed by atoms with Crippen LogP contribution in [0.4, 0.5) is 5.69 Å². The highest BCUT2D eigenvalue weighted by atomic mass is 35.5. The van der Waals surface area contributed by atoms with E-state index in [0.29, 0.717) is 16.3 Å². The number of hydrogen-bond acceptors (Lipinski definition) is 4. The topological polar surface area (TPSA) is 72.5 Å². The molecule has 0 spiro atoms. The molecular weight excluding hydrogens is 378 g/mol. The van der Waals surface area contributed by atoms with E-state index in [2.05, 4.69) is 5.32 Å². The van der Waals surface area contributed by atoms with Crippen LogP contribution in [0.15, 0.2) is 66.7 Å². The van der Waals surface area contributed by atoms with Gasteiger partial charge in [-0.1, -0.05) is 48.0 Å². The molecule has 3 aromatic carbocycles. The fourth-order valence-corrected chi connectivity index (χ4v) is 2.86. The average Bonchev–Trinajstić information content (AvgIpc) is 2.71. The van der Waals surface area contributed by atoms with Gasteiger partial charge in [-0.05, 0) is 35.7 Å². The summed E-state index contributed by atoms with van der Waals surface area (Å²) in [5, 5.41) is 5.18. The van der Waals surface area contributed by atoms with Crippen LogP contribution in [0.3, 0.4) is 0 Å². The first kappa shape index (κ1) is 19.6. The molecule has 0 saturated heterocycles. The van der Waals surface area contributed by atoms with Crippen LogP contribution in [0.1, 0.15) is 23.2 Å². The minimum atomic E-state index is -0.601. The van der Waals surface area contributed by atoms with Crippen molar-refractivity contribution in [2.24, 2.45) is 0 Å². The van der Waals surface area contributed by atoms with Gasteiger partial charge >= 0.3 is 5.97 Å². The molecule has 0 aliphatic heterocycles. The zero-order valence-corrected chi connectivity index (χ0v) is 15.7. The molecule has 0 aromatic heterocycles. The lowest BCUT2D eigenvalue weighted by Gasteiger charge is -2.09. The van der Waals surface area contributed by atoms with Crippen LogP contribution in [0.5, 0.6) is 0 Å². The molecule has 0 unspecified atom stereocenters. The van der Waals surface area contributed by atoms with Gasteiger partial charge in [0.2, 0.25) is 0 Å². The summed E-state index contributed by atoms with van der Waals surface area (Å²) in [6, 6.07) is 19.7. The Morgan fingerprint density at radius 1 is 0.857 bits per heavy atom. The SMILES string of the molecule is O=C(COC(=O)CCC(=O)c1ccc(Cl)cc1)Nc1cccc2ccccc12. The molecule has 142 valence electrons. The fourth-order valence-electron chi connectivity index (χ4n) is 2.73. The molecule has 0 aliphatic rings. The van der Waals surface area contributed by atoms with Gasteiger partial charge < -0.3 is 10.1 Å². The number of halogens is 1. The highest BCUT2D eigenvalue weighted by molar-refractivity contribution is 6.30. The first-order valence-electron chi connectivity index (χ1n) is 8.75. The van der Waals surface area contributed by atoms with Crippen LogP contribution in [0, 0.1) is 0 Å². The summed E-state index contributed by atoms with van der Waals surface area (Å²) in [5.74, 6) is -1.22. The van der Waals surface area contributed by atoms with Crippen molar-refractivity contribution in [3.63, 3.8) is 0 Å². The maximum atomic E-state index is 12.1. The highest BCUT2D eigenvalue weighted by Crippen LogP contribution is 2.22. The van der Waals surface area contributed by atoms with E-state index in [1.54, 1.807) is 30.3 Å². The molecule has 1 amide bonds. The predicted molar refractivity (Wildman–Crippen MR) is 109 cm³/mol. The number of carbonyl (C=O) groups excluding carboxylic acids is 3. The number of fused-ring (bicyclic) bond motifs is 1. The Balaban J connectivity index is 1.47. The van der Waals surface area contributed by atoms with Crippen molar-refractivity contribution < 1.29 is 19.1 Å². The second-order valence-electron chi connectivity index (χ2n) is 6.17. The molecule has 0 atom stereocenters. The largest absolute Gasteiger partial charge is 0.456 e. The van der Waals surface area contributed by atoms with Gasteiger partial charge in [-0.3, -0.25) is 14.4 Å². The Kier molecular flexibility index (Phi) is 6.40. The highest BCUT2D eigenvalue weighted by Gasteiger charge is 2.12. The normalized spacial score (nSPS) is 10.5. The standard InChI is InChI=1S/C22H18ClNO4/c23-17-10-8-16(9-11-17)20(25)12-13-22(27)28-14-21(26)24-19-7-3-5-15-4-1-2-6-18(15)19/h1-11H,12-14H2,(H,24,26). The number of hydrogen-bond donors (Lipinski definition) is 1. The third-order valence-electron chi connectivity index (χ3n) is 4.15. The number of benzene rings is 3. The van der Waals surface area contributed by atoms with Crippen LogP contribution in [-0.2, 0) is 14.3 Å². The van der Waals surface area contributed by atoms with Gasteiger partial charge in [0.1, 0.15) is 0 Å². The molecule has 1 N–H and O–H groups in total. The number of rotatable bonds is 7. The summed E-state index contributed by atoms with van der Waals surface area (Å²) >= 11 is 5.78. The molecule has 3 rings (SSSR count). The Morgan fingerprint density at radius 3 is 2.36 bits per heavy atom. The number of amides is 1.